The largest absolute Gasteiger partial charge is 0.484 e. The van der Waals surface area contributed by atoms with Crippen molar-refractivity contribution in [3.63, 3.8) is 0 Å². The van der Waals surface area contributed by atoms with E-state index in [0.29, 0.717) is 23.4 Å². The van der Waals surface area contributed by atoms with Crippen LogP contribution in [0.1, 0.15) is 61.8 Å². The second-order valence-corrected chi connectivity index (χ2v) is 13.3. The Morgan fingerprint density at radius 1 is 0.939 bits per heavy atom. The molecule has 2 aliphatic rings. The first-order valence-corrected chi connectivity index (χ1v) is 17.3. The van der Waals surface area contributed by atoms with Gasteiger partial charge in [0.05, 0.1) is 18.7 Å². The Labute approximate surface area is 287 Å². The predicted molar refractivity (Wildman–Crippen MR) is 179 cm³/mol. The van der Waals surface area contributed by atoms with Gasteiger partial charge in [0.25, 0.3) is 5.91 Å². The molecule has 1 aliphatic carbocycles. The molecule has 0 radical (unpaired) electrons. The van der Waals surface area contributed by atoms with E-state index >= 15 is 0 Å². The number of carbonyl (C=O) groups excluding carboxylic acids is 4. The lowest BCUT2D eigenvalue weighted by molar-refractivity contribution is -0.161. The molecular weight excluding hydrogens is 656 g/mol. The summed E-state index contributed by atoms with van der Waals surface area (Å²) in [7, 11) is 0. The van der Waals surface area contributed by atoms with Crippen molar-refractivity contribution in [3.8, 4) is 5.75 Å². The number of nitrogens with zero attached hydrogens (tertiary/aromatic N) is 1. The van der Waals surface area contributed by atoms with E-state index < -0.39 is 66.1 Å². The lowest BCUT2D eigenvalue weighted by Gasteiger charge is -2.47. The minimum absolute atomic E-state index is 0.182. The molecule has 1 unspecified atom stereocenters. The molecule has 49 heavy (non-hydrogen) atoms. The topological polar surface area (TPSA) is 148 Å². The summed E-state index contributed by atoms with van der Waals surface area (Å²) in [5, 5.41) is 12.8. The Balaban J connectivity index is 1.23. The van der Waals surface area contributed by atoms with Crippen LogP contribution >= 0.6 is 11.8 Å². The van der Waals surface area contributed by atoms with E-state index in [2.05, 4.69) is 5.32 Å². The smallest absolute Gasteiger partial charge is 0.336 e. The van der Waals surface area contributed by atoms with Crippen molar-refractivity contribution in [1.82, 2.24) is 5.32 Å². The van der Waals surface area contributed by atoms with Crippen LogP contribution in [0.2, 0.25) is 0 Å². The highest BCUT2D eigenvalue weighted by molar-refractivity contribution is 8.00. The van der Waals surface area contributed by atoms with Gasteiger partial charge in [0.2, 0.25) is 5.91 Å². The van der Waals surface area contributed by atoms with E-state index in [0.717, 1.165) is 37.7 Å². The molecule has 3 aromatic carbocycles. The number of halogens is 2. The first kappa shape index (κ1) is 36.0. The van der Waals surface area contributed by atoms with Crippen LogP contribution in [0.25, 0.3) is 0 Å². The van der Waals surface area contributed by atoms with E-state index in [1.54, 1.807) is 29.2 Å². The number of rotatable bonds is 14. The molecule has 260 valence electrons. The van der Waals surface area contributed by atoms with Gasteiger partial charge in [-0.15, -0.1) is 11.8 Å². The number of esters is 2. The third kappa shape index (κ3) is 9.43. The minimum Gasteiger partial charge on any atom is -0.484 e. The molecule has 3 aromatic rings. The van der Waals surface area contributed by atoms with Crippen LogP contribution in [0.3, 0.4) is 0 Å². The van der Waals surface area contributed by atoms with Crippen molar-refractivity contribution >= 4 is 41.2 Å². The van der Waals surface area contributed by atoms with Crippen molar-refractivity contribution in [3.05, 3.63) is 95.6 Å². The van der Waals surface area contributed by atoms with Crippen LogP contribution in [0, 0.1) is 17.6 Å². The molecule has 2 amide bonds. The first-order valence-electron chi connectivity index (χ1n) is 16.2. The maximum absolute atomic E-state index is 13.7. The van der Waals surface area contributed by atoms with Crippen molar-refractivity contribution in [2.45, 2.75) is 62.0 Å². The summed E-state index contributed by atoms with van der Waals surface area (Å²) < 4.78 is 37.5. The number of nitrogens with one attached hydrogen (secondary N) is 1. The number of carbonyl (C=O) groups is 4. The summed E-state index contributed by atoms with van der Waals surface area (Å²) in [6, 6.07) is 16.5. The molecule has 1 saturated carbocycles. The van der Waals surface area contributed by atoms with Gasteiger partial charge in [0.15, 0.2) is 6.61 Å². The van der Waals surface area contributed by atoms with Crippen LogP contribution in [0.15, 0.2) is 72.8 Å². The molecule has 2 fully saturated rings. The maximum atomic E-state index is 13.7. The maximum Gasteiger partial charge on any atom is 0.336 e. The third-order valence-corrected chi connectivity index (χ3v) is 10.1. The average Bonchev–Trinajstić information content (AvgIpc) is 3.11. The number of hydrogen-bond acceptors (Lipinski definition) is 9. The van der Waals surface area contributed by atoms with Gasteiger partial charge < -0.3 is 30.5 Å². The van der Waals surface area contributed by atoms with Gasteiger partial charge in [-0.3, -0.25) is 14.4 Å². The van der Waals surface area contributed by atoms with Crippen LogP contribution in [0.5, 0.6) is 5.75 Å². The molecule has 1 aliphatic heterocycles. The van der Waals surface area contributed by atoms with Crippen LogP contribution in [-0.2, 0) is 23.9 Å². The zero-order valence-corrected chi connectivity index (χ0v) is 27.6. The zero-order valence-electron chi connectivity index (χ0n) is 26.8. The number of thioether (sulfide) groups is 1. The number of amides is 2. The molecule has 4 N–H and O–H groups in total. The monoisotopic (exact) mass is 695 g/mol. The molecule has 4 atom stereocenters. The number of aliphatic hydroxyl groups excluding tert-OH is 1. The normalized spacial score (nSPS) is 19.0. The number of aliphatic hydroxyl groups is 1. The van der Waals surface area contributed by atoms with Crippen LogP contribution in [-0.4, -0.2) is 59.1 Å². The molecule has 0 bridgehead atoms. The number of benzene rings is 3. The van der Waals surface area contributed by atoms with Gasteiger partial charge >= 0.3 is 11.9 Å². The molecule has 13 heteroatoms. The van der Waals surface area contributed by atoms with Gasteiger partial charge in [0, 0.05) is 11.4 Å². The predicted octanol–water partition coefficient (Wildman–Crippen LogP) is 4.75. The minimum atomic E-state index is -1.01. The van der Waals surface area contributed by atoms with Gasteiger partial charge in [-0.1, -0.05) is 56.4 Å². The molecule has 1 heterocycles. The fourth-order valence-electron chi connectivity index (χ4n) is 6.16. The molecular formula is C36H39F2N3O7S. The van der Waals surface area contributed by atoms with E-state index in [9.17, 15) is 33.1 Å². The Morgan fingerprint density at radius 3 is 2.20 bits per heavy atom. The van der Waals surface area contributed by atoms with Crippen molar-refractivity contribution in [2.75, 3.05) is 23.8 Å². The Bertz CT molecular complexity index is 1600. The molecule has 1 saturated heterocycles. The molecule has 0 spiro atoms. The number of β-lactam (4-membered cyclic amide) rings is 1. The second kappa shape index (κ2) is 16.9. The first-order chi connectivity index (χ1) is 23.6. The van der Waals surface area contributed by atoms with E-state index in [1.807, 2.05) is 0 Å². The Hall–Kier alpha value is -4.33. The zero-order chi connectivity index (χ0) is 34.9. The fraction of sp³-hybridized carbons (Fsp3) is 0.389. The quantitative estimate of drug-likeness (QED) is 0.123. The summed E-state index contributed by atoms with van der Waals surface area (Å²) in [6.45, 7) is -0.856. The number of hydrogen-bond donors (Lipinski definition) is 3. The Kier molecular flexibility index (Phi) is 12.4. The standard InChI is InChI=1S/C36H39F2N3O7S/c37-25-10-6-23(7-11-25)30(42)21-49-34-33(41(35(34)45)27-14-12-26(38)13-15-27)24-8-16-28(17-9-24)47-20-31(43)40-29(36(46)48-32(44)19-39)18-22-4-2-1-3-5-22/h6-17,22,29-30,33-34,42H,1-5,18-21,39H2,(H,40,43)/t29-,30+,33?,34-/m1/s1. The average molecular weight is 696 g/mol. The van der Waals surface area contributed by atoms with Crippen molar-refractivity contribution < 1.29 is 42.5 Å². The third-order valence-electron chi connectivity index (χ3n) is 8.73. The highest BCUT2D eigenvalue weighted by Crippen LogP contribution is 2.46. The van der Waals surface area contributed by atoms with E-state index in [4.69, 9.17) is 15.2 Å². The summed E-state index contributed by atoms with van der Waals surface area (Å²) in [6.07, 6.45) is 4.47. The fourth-order valence-corrected chi connectivity index (χ4v) is 7.45. The van der Waals surface area contributed by atoms with Crippen LogP contribution in [0.4, 0.5) is 14.5 Å². The Morgan fingerprint density at radius 2 is 1.57 bits per heavy atom. The number of anilines is 1. The van der Waals surface area contributed by atoms with E-state index in [-0.39, 0.29) is 17.6 Å². The molecule has 0 aromatic heterocycles. The highest BCUT2D eigenvalue weighted by atomic mass is 32.2. The van der Waals surface area contributed by atoms with E-state index in [1.165, 1.54) is 60.3 Å². The lowest BCUT2D eigenvalue weighted by atomic mass is 9.85. The summed E-state index contributed by atoms with van der Waals surface area (Å²) in [4.78, 5) is 52.1. The number of ether oxygens (including phenoxy) is 2. The SMILES string of the molecule is NCC(=O)OC(=O)[C@@H](CC1CCCCC1)NC(=O)COc1ccc(C2[C@@H](SC[C@H](O)c3ccc(F)cc3)C(=O)N2c2ccc(F)cc2)cc1. The highest BCUT2D eigenvalue weighted by Gasteiger charge is 2.49. The molecule has 5 rings (SSSR count). The summed E-state index contributed by atoms with van der Waals surface area (Å²) in [5.41, 5.74) is 7.07. The van der Waals surface area contributed by atoms with Gasteiger partial charge in [0.1, 0.15) is 28.7 Å². The second-order valence-electron chi connectivity index (χ2n) is 12.2. The van der Waals surface area contributed by atoms with Gasteiger partial charge in [-0.05, 0) is 72.0 Å². The number of nitrogens with two attached hydrogens (primary N) is 1. The molecule has 10 nitrogen and oxygen atoms in total. The summed E-state index contributed by atoms with van der Waals surface area (Å²) >= 11 is 1.27. The van der Waals surface area contributed by atoms with Crippen molar-refractivity contribution in [2.24, 2.45) is 11.7 Å². The lowest BCUT2D eigenvalue weighted by Crippen LogP contribution is -2.57. The van der Waals surface area contributed by atoms with Gasteiger partial charge in [-0.25, -0.2) is 13.6 Å². The van der Waals surface area contributed by atoms with Gasteiger partial charge in [-0.2, -0.15) is 0 Å². The van der Waals surface area contributed by atoms with Crippen molar-refractivity contribution in [1.29, 1.82) is 0 Å². The van der Waals surface area contributed by atoms with Crippen LogP contribution < -0.4 is 20.7 Å². The summed E-state index contributed by atoms with van der Waals surface area (Å²) in [5.74, 6) is -2.59.